The van der Waals surface area contributed by atoms with Crippen molar-refractivity contribution >= 4 is 28.1 Å². The van der Waals surface area contributed by atoms with Crippen molar-refractivity contribution in [2.75, 3.05) is 10.6 Å². The van der Waals surface area contributed by atoms with Crippen LogP contribution in [-0.2, 0) is 6.42 Å². The number of hydrogen-bond acceptors (Lipinski definition) is 1. The largest absolute Gasteiger partial charge is 0.326 e. The molecule has 0 bridgehead atoms. The molecule has 3 N–H and O–H groups in total. The first-order valence-electron chi connectivity index (χ1n) is 7.55. The highest BCUT2D eigenvalue weighted by atomic mass is 19.1. The van der Waals surface area contributed by atoms with E-state index in [0.717, 1.165) is 22.9 Å². The van der Waals surface area contributed by atoms with Gasteiger partial charge in [0.15, 0.2) is 5.96 Å². The Balaban J connectivity index is 1.81. The Morgan fingerprint density at radius 3 is 2.65 bits per heavy atom. The molecule has 23 heavy (non-hydrogen) atoms. The number of hydrogen-bond donors (Lipinski definition) is 3. The third kappa shape index (κ3) is 3.48. The third-order valence-electron chi connectivity index (χ3n) is 3.71. The van der Waals surface area contributed by atoms with Crippen LogP contribution >= 0.6 is 0 Å². The number of rotatable bonds is 3. The van der Waals surface area contributed by atoms with Crippen LogP contribution in [0.1, 0.15) is 12.5 Å². The summed E-state index contributed by atoms with van der Waals surface area (Å²) >= 11 is 0. The standard InChI is InChI=1S/C19H18FN3/c1-2-13-5-3-7-16(11-13)22-19(21)23-18-8-4-6-14-9-10-15(20)12-17(14)18/h3-12H,2H2,1H3,(H3,21,22,23). The molecule has 0 unspecified atom stereocenters. The van der Waals surface area contributed by atoms with E-state index in [0.29, 0.717) is 5.69 Å². The molecule has 116 valence electrons. The molecule has 3 aromatic rings. The number of anilines is 2. The van der Waals surface area contributed by atoms with E-state index in [1.807, 2.05) is 36.4 Å². The SMILES string of the molecule is CCc1cccc(NC(=N)Nc2cccc3ccc(F)cc23)c1. The average Bonchev–Trinajstić information content (AvgIpc) is 2.55. The summed E-state index contributed by atoms with van der Waals surface area (Å²) in [6.45, 7) is 2.09. The van der Waals surface area contributed by atoms with E-state index >= 15 is 0 Å². The smallest absolute Gasteiger partial charge is 0.197 e. The fraction of sp³-hybridized carbons (Fsp3) is 0.105. The zero-order valence-electron chi connectivity index (χ0n) is 12.9. The first-order chi connectivity index (χ1) is 11.2. The van der Waals surface area contributed by atoms with Gasteiger partial charge in [-0.3, -0.25) is 5.41 Å². The van der Waals surface area contributed by atoms with Crippen LogP contribution in [0.5, 0.6) is 0 Å². The molecule has 0 aliphatic rings. The van der Waals surface area contributed by atoms with E-state index in [2.05, 4.69) is 23.6 Å². The molecule has 3 rings (SSSR count). The normalized spacial score (nSPS) is 10.5. The second-order valence-corrected chi connectivity index (χ2v) is 5.35. The van der Waals surface area contributed by atoms with E-state index in [-0.39, 0.29) is 11.8 Å². The van der Waals surface area contributed by atoms with Crippen LogP contribution in [0.2, 0.25) is 0 Å². The molecule has 0 aromatic heterocycles. The maximum Gasteiger partial charge on any atom is 0.197 e. The Kier molecular flexibility index (Phi) is 4.24. The number of nitrogens with one attached hydrogen (secondary N) is 3. The molecule has 0 saturated carbocycles. The summed E-state index contributed by atoms with van der Waals surface area (Å²) < 4.78 is 13.5. The molecule has 3 aromatic carbocycles. The lowest BCUT2D eigenvalue weighted by Crippen LogP contribution is -2.20. The summed E-state index contributed by atoms with van der Waals surface area (Å²) in [6.07, 6.45) is 0.943. The lowest BCUT2D eigenvalue weighted by atomic mass is 10.1. The van der Waals surface area contributed by atoms with Gasteiger partial charge in [0.05, 0.1) is 0 Å². The zero-order valence-corrected chi connectivity index (χ0v) is 12.9. The topological polar surface area (TPSA) is 47.9 Å². The fourth-order valence-corrected chi connectivity index (χ4v) is 2.53. The van der Waals surface area contributed by atoms with Crippen LogP contribution in [0.15, 0.2) is 60.7 Å². The molecule has 0 amide bonds. The Labute approximate surface area is 134 Å². The summed E-state index contributed by atoms with van der Waals surface area (Å²) in [5.41, 5.74) is 2.76. The fourth-order valence-electron chi connectivity index (χ4n) is 2.53. The van der Waals surface area contributed by atoms with Gasteiger partial charge in [-0.05, 0) is 47.7 Å². The van der Waals surface area contributed by atoms with Crippen LogP contribution in [0.3, 0.4) is 0 Å². The van der Waals surface area contributed by atoms with Crippen LogP contribution in [0.25, 0.3) is 10.8 Å². The first kappa shape index (κ1) is 15.0. The highest BCUT2D eigenvalue weighted by molar-refractivity contribution is 6.07. The summed E-state index contributed by atoms with van der Waals surface area (Å²) in [7, 11) is 0. The molecule has 0 spiro atoms. The zero-order chi connectivity index (χ0) is 16.2. The minimum absolute atomic E-state index is 0.148. The van der Waals surface area contributed by atoms with Crippen LogP contribution in [-0.4, -0.2) is 5.96 Å². The van der Waals surface area contributed by atoms with Crippen molar-refractivity contribution in [3.05, 3.63) is 72.0 Å². The molecular formula is C19H18FN3. The van der Waals surface area contributed by atoms with Crippen LogP contribution in [0, 0.1) is 11.2 Å². The molecule has 0 aliphatic carbocycles. The van der Waals surface area contributed by atoms with Gasteiger partial charge in [0.25, 0.3) is 0 Å². The van der Waals surface area contributed by atoms with E-state index in [4.69, 9.17) is 5.41 Å². The maximum atomic E-state index is 13.5. The number of benzene rings is 3. The molecule has 4 heteroatoms. The van der Waals surface area contributed by atoms with Gasteiger partial charge in [-0.2, -0.15) is 0 Å². The molecule has 3 nitrogen and oxygen atoms in total. The third-order valence-corrected chi connectivity index (χ3v) is 3.71. The van der Waals surface area contributed by atoms with Gasteiger partial charge in [0.2, 0.25) is 0 Å². The van der Waals surface area contributed by atoms with Gasteiger partial charge in [0.1, 0.15) is 5.82 Å². The van der Waals surface area contributed by atoms with Crippen molar-refractivity contribution in [1.82, 2.24) is 0 Å². The lowest BCUT2D eigenvalue weighted by molar-refractivity contribution is 0.630. The highest BCUT2D eigenvalue weighted by Crippen LogP contribution is 2.24. The quantitative estimate of drug-likeness (QED) is 0.471. The van der Waals surface area contributed by atoms with E-state index < -0.39 is 0 Å². The van der Waals surface area contributed by atoms with Crippen molar-refractivity contribution in [3.8, 4) is 0 Å². The minimum atomic E-state index is -0.290. The van der Waals surface area contributed by atoms with Gasteiger partial charge in [-0.25, -0.2) is 4.39 Å². The minimum Gasteiger partial charge on any atom is -0.326 e. The predicted molar refractivity (Wildman–Crippen MR) is 94.7 cm³/mol. The number of fused-ring (bicyclic) bond motifs is 1. The summed E-state index contributed by atoms with van der Waals surface area (Å²) in [4.78, 5) is 0. The van der Waals surface area contributed by atoms with Crippen LogP contribution < -0.4 is 10.6 Å². The predicted octanol–water partition coefficient (Wildman–Crippen LogP) is 5.00. The summed E-state index contributed by atoms with van der Waals surface area (Å²) in [5, 5.41) is 15.8. The molecule has 0 saturated heterocycles. The van der Waals surface area contributed by atoms with Crippen molar-refractivity contribution in [2.45, 2.75) is 13.3 Å². The average molecular weight is 307 g/mol. The molecule has 0 atom stereocenters. The van der Waals surface area contributed by atoms with Crippen molar-refractivity contribution in [1.29, 1.82) is 5.41 Å². The second kappa shape index (κ2) is 6.48. The van der Waals surface area contributed by atoms with Gasteiger partial charge < -0.3 is 10.6 Å². The van der Waals surface area contributed by atoms with Gasteiger partial charge >= 0.3 is 0 Å². The highest BCUT2D eigenvalue weighted by Gasteiger charge is 2.05. The summed E-state index contributed by atoms with van der Waals surface area (Å²) in [5.74, 6) is -0.142. The Morgan fingerprint density at radius 2 is 1.83 bits per heavy atom. The van der Waals surface area contributed by atoms with Gasteiger partial charge in [0, 0.05) is 16.8 Å². The molecule has 0 fully saturated rings. The van der Waals surface area contributed by atoms with Crippen molar-refractivity contribution < 1.29 is 4.39 Å². The van der Waals surface area contributed by atoms with E-state index in [1.165, 1.54) is 17.7 Å². The van der Waals surface area contributed by atoms with Gasteiger partial charge in [-0.1, -0.05) is 37.3 Å². The molecule has 0 radical (unpaired) electrons. The summed E-state index contributed by atoms with van der Waals surface area (Å²) in [6, 6.07) is 18.2. The second-order valence-electron chi connectivity index (χ2n) is 5.35. The Morgan fingerprint density at radius 1 is 1.00 bits per heavy atom. The van der Waals surface area contributed by atoms with Crippen LogP contribution in [0.4, 0.5) is 15.8 Å². The van der Waals surface area contributed by atoms with Gasteiger partial charge in [-0.15, -0.1) is 0 Å². The van der Waals surface area contributed by atoms with E-state index in [1.54, 1.807) is 6.07 Å². The van der Waals surface area contributed by atoms with E-state index in [9.17, 15) is 4.39 Å². The first-order valence-corrected chi connectivity index (χ1v) is 7.55. The molecule has 0 heterocycles. The number of aryl methyl sites for hydroxylation is 1. The number of guanidine groups is 1. The molecule has 0 aliphatic heterocycles. The number of halogens is 1. The van der Waals surface area contributed by atoms with Crippen molar-refractivity contribution in [2.24, 2.45) is 0 Å². The lowest BCUT2D eigenvalue weighted by Gasteiger charge is -2.13. The van der Waals surface area contributed by atoms with Crippen molar-refractivity contribution in [3.63, 3.8) is 0 Å². The Bertz CT molecular complexity index is 858. The molecular weight excluding hydrogens is 289 g/mol. The Hall–Kier alpha value is -2.88. The maximum absolute atomic E-state index is 13.5. The monoisotopic (exact) mass is 307 g/mol.